The molecule has 3 aliphatic rings. The van der Waals surface area contributed by atoms with Gasteiger partial charge in [0.1, 0.15) is 15.8 Å². The third kappa shape index (κ3) is 4.34. The van der Waals surface area contributed by atoms with Crippen LogP contribution in [0.2, 0.25) is 0 Å². The summed E-state index contributed by atoms with van der Waals surface area (Å²) in [5.74, 6) is 1.54. The maximum absolute atomic E-state index is 13.5. The predicted molar refractivity (Wildman–Crippen MR) is 140 cm³/mol. The van der Waals surface area contributed by atoms with Gasteiger partial charge in [0.25, 0.3) is 11.5 Å². The summed E-state index contributed by atoms with van der Waals surface area (Å²) in [6.45, 7) is 1.72. The van der Waals surface area contributed by atoms with Gasteiger partial charge in [-0.2, -0.15) is 0 Å². The Morgan fingerprint density at radius 2 is 2.08 bits per heavy atom. The minimum absolute atomic E-state index is 0.0151. The molecule has 0 spiro atoms. The van der Waals surface area contributed by atoms with Gasteiger partial charge in [-0.15, -0.1) is 0 Å². The van der Waals surface area contributed by atoms with E-state index in [2.05, 4.69) is 10.3 Å². The molecule has 184 valence electrons. The van der Waals surface area contributed by atoms with Crippen LogP contribution in [0.3, 0.4) is 0 Å². The lowest BCUT2D eigenvalue weighted by atomic mass is 10.2. The fourth-order valence-electron chi connectivity index (χ4n) is 4.38. The number of aromatic nitrogens is 2. The van der Waals surface area contributed by atoms with E-state index in [1.54, 1.807) is 29.3 Å². The van der Waals surface area contributed by atoms with Crippen molar-refractivity contribution in [3.8, 4) is 11.5 Å². The Morgan fingerprint density at radius 1 is 1.19 bits per heavy atom. The lowest BCUT2D eigenvalue weighted by molar-refractivity contribution is -0.123. The number of nitrogens with zero attached hydrogens (tertiary/aromatic N) is 3. The summed E-state index contributed by atoms with van der Waals surface area (Å²) in [6, 6.07) is 11.0. The topological polar surface area (TPSA) is 94.4 Å². The highest BCUT2D eigenvalue weighted by Gasteiger charge is 2.35. The van der Waals surface area contributed by atoms with Crippen LogP contribution in [0, 0.1) is 0 Å². The van der Waals surface area contributed by atoms with E-state index in [4.69, 9.17) is 26.4 Å². The summed E-state index contributed by atoms with van der Waals surface area (Å²) in [5.41, 5.74) is 1.44. The summed E-state index contributed by atoms with van der Waals surface area (Å²) < 4.78 is 18.5. The molecular formula is C25H22N4O5S2. The number of pyridine rings is 1. The number of hydrogen-bond donors (Lipinski definition) is 1. The molecule has 3 aromatic rings. The van der Waals surface area contributed by atoms with Gasteiger partial charge in [0.05, 0.1) is 23.1 Å². The van der Waals surface area contributed by atoms with Crippen LogP contribution in [0.5, 0.6) is 11.5 Å². The standard InChI is InChI=1S/C25H22N4O5S2/c30-23-17(11-20-24(31)29(25(35)36-20)13-16-4-3-9-32-16)22(27-21-5-1-2-8-28(21)23)26-12-15-6-7-18-19(10-15)34-14-33-18/h1-2,5-8,10-11,16,26H,3-4,9,12-14H2. The Hall–Kier alpha value is -3.41. The highest BCUT2D eigenvalue weighted by molar-refractivity contribution is 8.26. The number of carbonyl (C=O) groups is 1. The van der Waals surface area contributed by atoms with Gasteiger partial charge in [-0.1, -0.05) is 36.1 Å². The Balaban J connectivity index is 1.33. The number of carbonyl (C=O) groups excluding carboxylic acids is 1. The zero-order valence-electron chi connectivity index (χ0n) is 19.1. The average molecular weight is 523 g/mol. The molecule has 36 heavy (non-hydrogen) atoms. The van der Waals surface area contributed by atoms with Crippen LogP contribution in [0.15, 0.2) is 52.3 Å². The number of ether oxygens (including phenoxy) is 3. The van der Waals surface area contributed by atoms with Gasteiger partial charge in [0, 0.05) is 19.3 Å². The minimum atomic E-state index is -0.279. The number of nitrogens with one attached hydrogen (secondary N) is 1. The quantitative estimate of drug-likeness (QED) is 0.386. The van der Waals surface area contributed by atoms with E-state index in [1.807, 2.05) is 24.3 Å². The van der Waals surface area contributed by atoms with Crippen molar-refractivity contribution in [3.63, 3.8) is 0 Å². The predicted octanol–water partition coefficient (Wildman–Crippen LogP) is 3.42. The molecule has 11 heteroatoms. The van der Waals surface area contributed by atoms with Crippen molar-refractivity contribution in [2.45, 2.75) is 25.5 Å². The lowest BCUT2D eigenvalue weighted by Crippen LogP contribution is -2.35. The summed E-state index contributed by atoms with van der Waals surface area (Å²) in [6.07, 6.45) is 5.11. The highest BCUT2D eigenvalue weighted by Crippen LogP contribution is 2.35. The van der Waals surface area contributed by atoms with Gasteiger partial charge in [0.15, 0.2) is 11.5 Å². The van der Waals surface area contributed by atoms with Gasteiger partial charge in [-0.05, 0) is 48.7 Å². The molecule has 3 aliphatic heterocycles. The zero-order valence-corrected chi connectivity index (χ0v) is 20.8. The van der Waals surface area contributed by atoms with Crippen LogP contribution < -0.4 is 20.3 Å². The first kappa shape index (κ1) is 23.0. The number of thiocarbonyl (C=S) groups is 1. The molecule has 9 nitrogen and oxygen atoms in total. The van der Waals surface area contributed by atoms with Crippen LogP contribution in [0.25, 0.3) is 11.7 Å². The first-order valence-corrected chi connectivity index (χ1v) is 12.8. The monoisotopic (exact) mass is 522 g/mol. The largest absolute Gasteiger partial charge is 0.454 e. The molecule has 1 amide bonds. The molecule has 0 radical (unpaired) electrons. The molecule has 2 saturated heterocycles. The second kappa shape index (κ2) is 9.57. The molecule has 0 saturated carbocycles. The molecular weight excluding hydrogens is 500 g/mol. The van der Waals surface area contributed by atoms with Crippen molar-refractivity contribution >= 4 is 51.7 Å². The van der Waals surface area contributed by atoms with Gasteiger partial charge < -0.3 is 19.5 Å². The molecule has 1 N–H and O–H groups in total. The summed E-state index contributed by atoms with van der Waals surface area (Å²) in [5, 5.41) is 3.27. The number of thioether (sulfide) groups is 1. The second-order valence-electron chi connectivity index (χ2n) is 8.58. The smallest absolute Gasteiger partial charge is 0.267 e. The fourth-order valence-corrected chi connectivity index (χ4v) is 5.64. The van der Waals surface area contributed by atoms with Crippen LogP contribution in [0.1, 0.15) is 24.0 Å². The summed E-state index contributed by atoms with van der Waals surface area (Å²) in [4.78, 5) is 33.3. The van der Waals surface area contributed by atoms with Crippen LogP contribution in [0.4, 0.5) is 5.82 Å². The first-order valence-electron chi connectivity index (χ1n) is 11.6. The van der Waals surface area contributed by atoms with E-state index in [1.165, 1.54) is 16.2 Å². The van der Waals surface area contributed by atoms with Gasteiger partial charge in [-0.3, -0.25) is 18.9 Å². The Labute approximate surface area is 216 Å². The zero-order chi connectivity index (χ0) is 24.6. The molecule has 0 aliphatic carbocycles. The van der Waals surface area contributed by atoms with Crippen molar-refractivity contribution in [2.24, 2.45) is 0 Å². The van der Waals surface area contributed by atoms with E-state index in [9.17, 15) is 9.59 Å². The summed E-state index contributed by atoms with van der Waals surface area (Å²) >= 11 is 6.67. The number of fused-ring (bicyclic) bond motifs is 2. The van der Waals surface area contributed by atoms with Crippen molar-refractivity contribution in [1.29, 1.82) is 0 Å². The third-order valence-corrected chi connectivity index (χ3v) is 7.60. The van der Waals surface area contributed by atoms with E-state index in [0.717, 1.165) is 18.4 Å². The van der Waals surface area contributed by atoms with Gasteiger partial charge >= 0.3 is 0 Å². The number of anilines is 1. The fraction of sp³-hybridized carbons (Fsp3) is 0.280. The molecule has 2 aromatic heterocycles. The highest BCUT2D eigenvalue weighted by atomic mass is 32.2. The maximum atomic E-state index is 13.5. The summed E-state index contributed by atoms with van der Waals surface area (Å²) in [7, 11) is 0. The van der Waals surface area contributed by atoms with E-state index < -0.39 is 0 Å². The van der Waals surface area contributed by atoms with Crippen LogP contribution in [-0.2, 0) is 16.1 Å². The van der Waals surface area contributed by atoms with E-state index >= 15 is 0 Å². The Morgan fingerprint density at radius 3 is 2.94 bits per heavy atom. The number of rotatable bonds is 6. The third-order valence-electron chi connectivity index (χ3n) is 6.23. The molecule has 1 unspecified atom stereocenters. The van der Waals surface area contributed by atoms with Crippen LogP contribution in [-0.4, -0.2) is 50.6 Å². The normalized spacial score (nSPS) is 20.2. The van der Waals surface area contributed by atoms with Crippen molar-refractivity contribution in [2.75, 3.05) is 25.3 Å². The maximum Gasteiger partial charge on any atom is 0.267 e. The molecule has 1 aromatic carbocycles. The van der Waals surface area contributed by atoms with Gasteiger partial charge in [-0.25, -0.2) is 4.98 Å². The average Bonchev–Trinajstić information content (AvgIpc) is 3.63. The number of benzene rings is 1. The molecule has 0 bridgehead atoms. The first-order chi connectivity index (χ1) is 17.6. The van der Waals surface area contributed by atoms with E-state index in [0.29, 0.717) is 51.9 Å². The van der Waals surface area contributed by atoms with E-state index in [-0.39, 0.29) is 29.9 Å². The molecule has 6 rings (SSSR count). The van der Waals surface area contributed by atoms with Crippen molar-refractivity contribution < 1.29 is 19.0 Å². The SMILES string of the molecule is O=C1C(=Cc2c(NCc3ccc4c(c3)OCO4)nc3ccccn3c2=O)SC(=S)N1CC1CCCO1. The second-order valence-corrected chi connectivity index (χ2v) is 10.3. The van der Waals surface area contributed by atoms with Crippen LogP contribution >= 0.6 is 24.0 Å². The molecule has 5 heterocycles. The van der Waals surface area contributed by atoms with Crippen molar-refractivity contribution in [1.82, 2.24) is 14.3 Å². The Kier molecular flexibility index (Phi) is 6.12. The van der Waals surface area contributed by atoms with Crippen molar-refractivity contribution in [3.05, 3.63) is 69.0 Å². The minimum Gasteiger partial charge on any atom is -0.454 e. The number of amides is 1. The Bertz CT molecular complexity index is 1460. The number of hydrogen-bond acceptors (Lipinski definition) is 9. The lowest BCUT2D eigenvalue weighted by Gasteiger charge is -2.18. The molecule has 1 atom stereocenters. The van der Waals surface area contributed by atoms with Gasteiger partial charge in [0.2, 0.25) is 6.79 Å². The molecule has 2 fully saturated rings.